The lowest BCUT2D eigenvalue weighted by molar-refractivity contribution is -0.0763. The Hall–Kier alpha value is -1.55. The number of rotatable bonds is 4. The van der Waals surface area contributed by atoms with E-state index < -0.39 is 49.2 Å². The highest BCUT2D eigenvalue weighted by Crippen LogP contribution is 2.59. The normalized spacial score (nSPS) is 37.8. The van der Waals surface area contributed by atoms with Gasteiger partial charge in [-0.25, -0.2) is 9.36 Å². The molecule has 25 heavy (non-hydrogen) atoms. The molecule has 1 aromatic rings. The van der Waals surface area contributed by atoms with Crippen LogP contribution in [0, 0.1) is 0 Å². The SMILES string of the molecule is C=C[C@@]1(O)[C@@H]2O[P@@](=O)(OC(C)C)OC[C@H]2O[C@H]1n1ccc(=O)[nH]c1=O. The lowest BCUT2D eigenvalue weighted by atomic mass is 9.94. The average Bonchev–Trinajstić information content (AvgIpc) is 2.79. The van der Waals surface area contributed by atoms with Gasteiger partial charge in [0.2, 0.25) is 0 Å². The van der Waals surface area contributed by atoms with Gasteiger partial charge in [0.25, 0.3) is 5.56 Å². The fraction of sp³-hybridized carbons (Fsp3) is 0.571. The molecule has 2 aliphatic rings. The molecule has 2 fully saturated rings. The Bertz CT molecular complexity index is 833. The average molecular weight is 374 g/mol. The van der Waals surface area contributed by atoms with E-state index >= 15 is 0 Å². The van der Waals surface area contributed by atoms with Gasteiger partial charge in [-0.3, -0.25) is 27.9 Å². The van der Waals surface area contributed by atoms with Crippen LogP contribution in [-0.2, 0) is 22.9 Å². The van der Waals surface area contributed by atoms with Crippen LogP contribution in [-0.4, -0.2) is 45.2 Å². The van der Waals surface area contributed by atoms with Crippen molar-refractivity contribution < 1.29 is 28.0 Å². The summed E-state index contributed by atoms with van der Waals surface area (Å²) in [5, 5.41) is 11.0. The maximum atomic E-state index is 12.6. The molecule has 0 spiro atoms. The molecule has 0 aliphatic carbocycles. The molecule has 3 heterocycles. The van der Waals surface area contributed by atoms with E-state index in [4.69, 9.17) is 18.3 Å². The van der Waals surface area contributed by atoms with E-state index in [0.717, 1.165) is 16.7 Å². The monoisotopic (exact) mass is 374 g/mol. The second-order valence-electron chi connectivity index (χ2n) is 6.06. The first kappa shape index (κ1) is 18.2. The lowest BCUT2D eigenvalue weighted by Gasteiger charge is -2.35. The third kappa shape index (κ3) is 3.17. The second-order valence-corrected chi connectivity index (χ2v) is 7.63. The maximum Gasteiger partial charge on any atom is 0.475 e. The van der Waals surface area contributed by atoms with Crippen LogP contribution in [0.4, 0.5) is 0 Å². The first-order chi connectivity index (χ1) is 11.7. The number of H-pyrrole nitrogens is 1. The number of aromatic nitrogens is 2. The van der Waals surface area contributed by atoms with Gasteiger partial charge < -0.3 is 9.84 Å². The number of hydrogen-bond donors (Lipinski definition) is 2. The van der Waals surface area contributed by atoms with Crippen molar-refractivity contribution in [3.8, 4) is 0 Å². The number of aliphatic hydroxyl groups is 1. The highest BCUT2D eigenvalue weighted by Gasteiger charge is 2.61. The minimum Gasteiger partial charge on any atom is -0.378 e. The zero-order chi connectivity index (χ0) is 18.4. The molecule has 11 heteroatoms. The highest BCUT2D eigenvalue weighted by molar-refractivity contribution is 7.48. The van der Waals surface area contributed by atoms with E-state index in [9.17, 15) is 19.3 Å². The Morgan fingerprint density at radius 1 is 1.56 bits per heavy atom. The summed E-state index contributed by atoms with van der Waals surface area (Å²) in [5.74, 6) is 0. The Balaban J connectivity index is 1.97. The second kappa shape index (κ2) is 6.31. The Kier molecular flexibility index (Phi) is 4.61. The molecule has 0 amide bonds. The van der Waals surface area contributed by atoms with Crippen LogP contribution in [0.15, 0.2) is 34.5 Å². The van der Waals surface area contributed by atoms with Gasteiger partial charge in [0.15, 0.2) is 11.8 Å². The summed E-state index contributed by atoms with van der Waals surface area (Å²) in [5.41, 5.74) is -3.26. The molecular weight excluding hydrogens is 355 g/mol. The summed E-state index contributed by atoms with van der Waals surface area (Å²) < 4.78 is 35.0. The van der Waals surface area contributed by atoms with Gasteiger partial charge in [-0.1, -0.05) is 12.7 Å². The molecule has 0 bridgehead atoms. The van der Waals surface area contributed by atoms with Crippen molar-refractivity contribution in [1.82, 2.24) is 9.55 Å². The molecule has 0 unspecified atom stereocenters. The summed E-state index contributed by atoms with van der Waals surface area (Å²) in [7, 11) is -3.90. The molecule has 138 valence electrons. The zero-order valence-corrected chi connectivity index (χ0v) is 14.5. The molecule has 0 saturated carbocycles. The number of nitrogens with zero attached hydrogens (tertiary/aromatic N) is 1. The summed E-state index contributed by atoms with van der Waals surface area (Å²) in [6.07, 6.45) is -1.30. The van der Waals surface area contributed by atoms with Crippen LogP contribution in [0.5, 0.6) is 0 Å². The van der Waals surface area contributed by atoms with Gasteiger partial charge in [0.05, 0.1) is 12.7 Å². The van der Waals surface area contributed by atoms with Crippen molar-refractivity contribution in [1.29, 1.82) is 0 Å². The Morgan fingerprint density at radius 3 is 2.88 bits per heavy atom. The molecule has 0 radical (unpaired) electrons. The zero-order valence-electron chi connectivity index (χ0n) is 13.7. The molecule has 2 N–H and O–H groups in total. The van der Waals surface area contributed by atoms with Crippen molar-refractivity contribution in [3.63, 3.8) is 0 Å². The van der Waals surface area contributed by atoms with Crippen LogP contribution in [0.1, 0.15) is 20.1 Å². The maximum absolute atomic E-state index is 12.6. The summed E-state index contributed by atoms with van der Waals surface area (Å²) in [4.78, 5) is 25.4. The summed E-state index contributed by atoms with van der Waals surface area (Å²) in [6.45, 7) is 6.72. The third-order valence-electron chi connectivity index (χ3n) is 3.90. The smallest absolute Gasteiger partial charge is 0.378 e. The predicted octanol–water partition coefficient (Wildman–Crippen LogP) is 0.300. The van der Waals surface area contributed by atoms with Crippen molar-refractivity contribution in [2.75, 3.05) is 6.61 Å². The van der Waals surface area contributed by atoms with Crippen LogP contribution in [0.3, 0.4) is 0 Å². The first-order valence-corrected chi connectivity index (χ1v) is 9.09. The van der Waals surface area contributed by atoms with Crippen molar-refractivity contribution in [3.05, 3.63) is 45.8 Å². The molecular formula is C14H19N2O8P. The minimum absolute atomic E-state index is 0.167. The van der Waals surface area contributed by atoms with Crippen LogP contribution in [0.25, 0.3) is 0 Å². The van der Waals surface area contributed by atoms with Gasteiger partial charge in [-0.15, -0.1) is 0 Å². The van der Waals surface area contributed by atoms with E-state index in [-0.39, 0.29) is 6.61 Å². The number of nitrogens with one attached hydrogen (secondary N) is 1. The number of ether oxygens (including phenoxy) is 1. The van der Waals surface area contributed by atoms with E-state index in [1.807, 2.05) is 0 Å². The number of phosphoric acid groups is 1. The topological polar surface area (TPSA) is 129 Å². The third-order valence-corrected chi connectivity index (χ3v) is 5.53. The van der Waals surface area contributed by atoms with Crippen molar-refractivity contribution >= 4 is 7.82 Å². The van der Waals surface area contributed by atoms with E-state index in [2.05, 4.69) is 11.6 Å². The molecule has 5 atom stereocenters. The predicted molar refractivity (Wildman–Crippen MR) is 85.0 cm³/mol. The van der Waals surface area contributed by atoms with Gasteiger partial charge in [-0.2, -0.15) is 0 Å². The molecule has 0 aromatic carbocycles. The molecule has 2 aliphatic heterocycles. The first-order valence-electron chi connectivity index (χ1n) is 7.63. The van der Waals surface area contributed by atoms with Crippen LogP contribution in [0.2, 0.25) is 0 Å². The quantitative estimate of drug-likeness (QED) is 0.569. The molecule has 3 rings (SSSR count). The molecule has 2 saturated heterocycles. The number of aromatic amines is 1. The standard InChI is InChI=1S/C14H19N2O8P/c1-4-14(19)11-9(7-21-25(20,24-11)23-8(2)3)22-12(14)16-6-5-10(17)15-13(16)18/h4-6,8-9,11-12,19H,1,7H2,2-3H3,(H,15,17,18)/t9-,11-,12-,14-,25-/m1/s1. The lowest BCUT2D eigenvalue weighted by Crippen LogP contribution is -2.50. The van der Waals surface area contributed by atoms with Gasteiger partial charge >= 0.3 is 13.5 Å². The number of hydrogen-bond acceptors (Lipinski definition) is 8. The van der Waals surface area contributed by atoms with Crippen LogP contribution < -0.4 is 11.2 Å². The summed E-state index contributed by atoms with van der Waals surface area (Å²) >= 11 is 0. The highest BCUT2D eigenvalue weighted by atomic mass is 31.2. The molecule has 10 nitrogen and oxygen atoms in total. The van der Waals surface area contributed by atoms with Gasteiger partial charge in [0, 0.05) is 12.3 Å². The van der Waals surface area contributed by atoms with Gasteiger partial charge in [-0.05, 0) is 13.8 Å². The minimum atomic E-state index is -3.90. The van der Waals surface area contributed by atoms with Crippen LogP contribution >= 0.6 is 7.82 Å². The molecule has 1 aromatic heterocycles. The summed E-state index contributed by atoms with van der Waals surface area (Å²) in [6, 6.07) is 1.11. The van der Waals surface area contributed by atoms with E-state index in [1.165, 1.54) is 6.20 Å². The van der Waals surface area contributed by atoms with Crippen molar-refractivity contribution in [2.45, 2.75) is 44.0 Å². The number of fused-ring (bicyclic) bond motifs is 1. The van der Waals surface area contributed by atoms with E-state index in [0.29, 0.717) is 0 Å². The number of phosphoric ester groups is 1. The van der Waals surface area contributed by atoms with Gasteiger partial charge in [0.1, 0.15) is 12.2 Å². The van der Waals surface area contributed by atoms with E-state index in [1.54, 1.807) is 13.8 Å². The largest absolute Gasteiger partial charge is 0.475 e. The fourth-order valence-corrected chi connectivity index (χ4v) is 4.43. The fourth-order valence-electron chi connectivity index (χ4n) is 2.83. The Morgan fingerprint density at radius 2 is 2.28 bits per heavy atom. The Labute approximate surface area is 142 Å². The van der Waals surface area contributed by atoms with Crippen molar-refractivity contribution in [2.24, 2.45) is 0 Å².